The predicted molar refractivity (Wildman–Crippen MR) is 122 cm³/mol. The van der Waals surface area contributed by atoms with Crippen molar-refractivity contribution in [3.63, 3.8) is 0 Å². The van der Waals surface area contributed by atoms with Gasteiger partial charge in [-0.3, -0.25) is 4.68 Å². The van der Waals surface area contributed by atoms with Crippen molar-refractivity contribution in [1.29, 1.82) is 0 Å². The molecule has 6 rings (SSSR count). The van der Waals surface area contributed by atoms with E-state index in [4.69, 9.17) is 19.7 Å². The van der Waals surface area contributed by atoms with Crippen molar-refractivity contribution in [3.8, 4) is 11.8 Å². The Balaban J connectivity index is 1.36. The van der Waals surface area contributed by atoms with E-state index in [1.165, 1.54) is 25.7 Å². The first kappa shape index (κ1) is 19.7. The summed E-state index contributed by atoms with van der Waals surface area (Å²) in [5.41, 5.74) is 5.36. The highest BCUT2D eigenvalue weighted by atomic mass is 16.5. The number of fused-ring (bicyclic) bond motifs is 1. The second kappa shape index (κ2) is 7.56. The minimum atomic E-state index is -0.0319. The van der Waals surface area contributed by atoms with Crippen molar-refractivity contribution in [2.24, 2.45) is 5.92 Å². The Kier molecular flexibility index (Phi) is 4.65. The number of ether oxygens (including phenoxy) is 1. The van der Waals surface area contributed by atoms with Crippen LogP contribution in [-0.4, -0.2) is 43.9 Å². The molecule has 3 aromatic heterocycles. The van der Waals surface area contributed by atoms with E-state index in [0.717, 1.165) is 46.9 Å². The lowest BCUT2D eigenvalue weighted by Gasteiger charge is -2.37. The molecule has 3 aromatic rings. The Bertz CT molecular complexity index is 1250. The van der Waals surface area contributed by atoms with E-state index in [-0.39, 0.29) is 12.2 Å². The van der Waals surface area contributed by atoms with Crippen LogP contribution < -0.4 is 4.90 Å². The zero-order valence-corrected chi connectivity index (χ0v) is 18.9. The molecule has 3 aliphatic rings. The fourth-order valence-corrected chi connectivity index (χ4v) is 4.23. The van der Waals surface area contributed by atoms with Gasteiger partial charge in [0.15, 0.2) is 5.65 Å². The summed E-state index contributed by atoms with van der Waals surface area (Å²) in [5, 5.41) is 4.56. The molecular weight excluding hydrogens is 400 g/mol. The predicted octanol–water partition coefficient (Wildman–Crippen LogP) is 3.90. The van der Waals surface area contributed by atoms with Crippen molar-refractivity contribution in [1.82, 2.24) is 24.7 Å². The zero-order valence-electron chi connectivity index (χ0n) is 18.9. The summed E-state index contributed by atoms with van der Waals surface area (Å²) in [4.78, 5) is 16.7. The maximum Gasteiger partial charge on any atom is 0.181 e. The maximum absolute atomic E-state index is 6.30. The van der Waals surface area contributed by atoms with E-state index in [9.17, 15) is 0 Å². The highest BCUT2D eigenvalue weighted by Crippen LogP contribution is 2.36. The molecule has 7 nitrogen and oxygen atoms in total. The molecule has 32 heavy (non-hydrogen) atoms. The quantitative estimate of drug-likeness (QED) is 0.590. The number of rotatable bonds is 3. The Morgan fingerprint density at radius 2 is 1.84 bits per heavy atom. The number of hydrogen-bond acceptors (Lipinski definition) is 6. The van der Waals surface area contributed by atoms with Gasteiger partial charge in [-0.15, -0.1) is 0 Å². The number of hydrogen-bond donors (Lipinski definition) is 0. The Hall–Kier alpha value is -2.98. The summed E-state index contributed by atoms with van der Waals surface area (Å²) in [6.45, 7) is 7.60. The highest BCUT2D eigenvalue weighted by molar-refractivity contribution is 5.80. The number of pyridine rings is 1. The van der Waals surface area contributed by atoms with Gasteiger partial charge in [-0.1, -0.05) is 11.8 Å². The first-order valence-electron chi connectivity index (χ1n) is 11.7. The fraction of sp³-hybridized carbons (Fsp3) is 0.520. The average molecular weight is 429 g/mol. The van der Waals surface area contributed by atoms with E-state index in [1.807, 2.05) is 20.0 Å². The van der Waals surface area contributed by atoms with Crippen molar-refractivity contribution >= 4 is 17.0 Å². The van der Waals surface area contributed by atoms with Gasteiger partial charge in [-0.05, 0) is 52.5 Å². The molecule has 4 heterocycles. The van der Waals surface area contributed by atoms with Gasteiger partial charge in [0.25, 0.3) is 0 Å². The van der Waals surface area contributed by atoms with Crippen molar-refractivity contribution in [3.05, 3.63) is 41.0 Å². The SMILES string of the molecule is Cc1nc2nc(N3CC(C)OC(c4cnn(C5CC5)c4)C3)cc(C#CC3CC3)c2nc1C. The number of aryl methyl sites for hydroxylation is 2. The van der Waals surface area contributed by atoms with Gasteiger partial charge in [0, 0.05) is 24.2 Å². The Morgan fingerprint density at radius 3 is 2.62 bits per heavy atom. The van der Waals surface area contributed by atoms with Crippen LogP contribution in [0.25, 0.3) is 11.2 Å². The van der Waals surface area contributed by atoms with Gasteiger partial charge in [0.05, 0.1) is 41.8 Å². The summed E-state index contributed by atoms with van der Waals surface area (Å²) in [5.74, 6) is 8.20. The third-order valence-corrected chi connectivity index (χ3v) is 6.52. The maximum atomic E-state index is 6.30. The van der Waals surface area contributed by atoms with Crippen LogP contribution in [0.3, 0.4) is 0 Å². The van der Waals surface area contributed by atoms with Crippen LogP contribution in [0, 0.1) is 31.6 Å². The molecule has 2 atom stereocenters. The lowest BCUT2D eigenvalue weighted by atomic mass is 10.1. The van der Waals surface area contributed by atoms with Gasteiger partial charge in [-0.25, -0.2) is 15.0 Å². The monoisotopic (exact) mass is 428 g/mol. The number of aromatic nitrogens is 5. The molecule has 0 radical (unpaired) electrons. The second-order valence-corrected chi connectivity index (χ2v) is 9.46. The largest absolute Gasteiger partial charge is 0.367 e. The smallest absolute Gasteiger partial charge is 0.181 e. The molecule has 1 aliphatic heterocycles. The second-order valence-electron chi connectivity index (χ2n) is 9.46. The highest BCUT2D eigenvalue weighted by Gasteiger charge is 2.31. The molecule has 0 spiro atoms. The lowest BCUT2D eigenvalue weighted by Crippen LogP contribution is -2.43. The molecule has 7 heteroatoms. The Morgan fingerprint density at radius 1 is 1.03 bits per heavy atom. The van der Waals surface area contributed by atoms with Gasteiger partial charge in [0.1, 0.15) is 17.4 Å². The van der Waals surface area contributed by atoms with Gasteiger partial charge >= 0.3 is 0 Å². The van der Waals surface area contributed by atoms with E-state index in [2.05, 4.69) is 45.7 Å². The van der Waals surface area contributed by atoms with Gasteiger partial charge < -0.3 is 9.64 Å². The molecule has 2 aliphatic carbocycles. The van der Waals surface area contributed by atoms with Crippen LogP contribution in [0.5, 0.6) is 0 Å². The lowest BCUT2D eigenvalue weighted by molar-refractivity contribution is -0.0176. The first-order valence-corrected chi connectivity index (χ1v) is 11.7. The van der Waals surface area contributed by atoms with Crippen LogP contribution in [-0.2, 0) is 4.74 Å². The molecule has 0 N–H and O–H groups in total. The molecule has 1 saturated heterocycles. The van der Waals surface area contributed by atoms with E-state index in [0.29, 0.717) is 17.6 Å². The average Bonchev–Trinajstić information content (AvgIpc) is 3.72. The van der Waals surface area contributed by atoms with Crippen LogP contribution in [0.15, 0.2) is 18.5 Å². The fourth-order valence-electron chi connectivity index (χ4n) is 4.23. The molecule has 2 unspecified atom stereocenters. The van der Waals surface area contributed by atoms with Crippen LogP contribution in [0.2, 0.25) is 0 Å². The van der Waals surface area contributed by atoms with Crippen LogP contribution >= 0.6 is 0 Å². The number of morpholine rings is 1. The summed E-state index contributed by atoms with van der Waals surface area (Å²) in [7, 11) is 0. The summed E-state index contributed by atoms with van der Waals surface area (Å²) in [6.07, 6.45) is 9.00. The third kappa shape index (κ3) is 3.84. The molecule has 0 amide bonds. The minimum absolute atomic E-state index is 0.0319. The number of anilines is 1. The summed E-state index contributed by atoms with van der Waals surface area (Å²) >= 11 is 0. The van der Waals surface area contributed by atoms with Crippen molar-refractivity contribution in [2.75, 3.05) is 18.0 Å². The molecular formula is C25H28N6O. The zero-order chi connectivity index (χ0) is 21.8. The third-order valence-electron chi connectivity index (χ3n) is 6.52. The van der Waals surface area contributed by atoms with Gasteiger partial charge in [-0.2, -0.15) is 5.10 Å². The Labute approximate surface area is 188 Å². The summed E-state index contributed by atoms with van der Waals surface area (Å²) < 4.78 is 8.38. The molecule has 0 aromatic carbocycles. The van der Waals surface area contributed by atoms with Gasteiger partial charge in [0.2, 0.25) is 0 Å². The molecule has 2 saturated carbocycles. The van der Waals surface area contributed by atoms with E-state index >= 15 is 0 Å². The van der Waals surface area contributed by atoms with Crippen LogP contribution in [0.4, 0.5) is 5.82 Å². The molecule has 0 bridgehead atoms. The topological polar surface area (TPSA) is 69.0 Å². The van der Waals surface area contributed by atoms with E-state index < -0.39 is 0 Å². The van der Waals surface area contributed by atoms with Crippen LogP contribution in [0.1, 0.15) is 67.3 Å². The minimum Gasteiger partial charge on any atom is -0.367 e. The van der Waals surface area contributed by atoms with Crippen molar-refractivity contribution in [2.45, 2.75) is 64.7 Å². The first-order chi connectivity index (χ1) is 15.5. The molecule has 3 fully saturated rings. The molecule has 164 valence electrons. The summed E-state index contributed by atoms with van der Waals surface area (Å²) in [6, 6.07) is 2.66. The van der Waals surface area contributed by atoms with E-state index in [1.54, 1.807) is 0 Å². The normalized spacial score (nSPS) is 23.3. The standard InChI is InChI=1S/C25H28N6O/c1-15-12-30(14-22(32-15)20-11-26-31(13-20)21-8-9-21)23-10-19(7-6-18-4-5-18)24-25(29-23)28-17(3)16(2)27-24/h10-11,13,15,18,21-22H,4-5,8-9,12,14H2,1-3H3. The van der Waals surface area contributed by atoms with Crippen molar-refractivity contribution < 1.29 is 4.74 Å². The number of nitrogens with zero attached hydrogens (tertiary/aromatic N) is 6.